The van der Waals surface area contributed by atoms with Gasteiger partial charge in [-0.3, -0.25) is 9.20 Å². The van der Waals surface area contributed by atoms with Gasteiger partial charge in [-0.1, -0.05) is 30.0 Å². The number of thioether (sulfide) groups is 1. The number of nitrogens with one attached hydrogen (secondary N) is 1. The van der Waals surface area contributed by atoms with Crippen molar-refractivity contribution in [1.29, 1.82) is 0 Å². The van der Waals surface area contributed by atoms with Gasteiger partial charge in [-0.25, -0.2) is 12.7 Å². The number of hydrogen-bond donors (Lipinski definition) is 1. The Hall–Kier alpha value is -2.95. The highest BCUT2D eigenvalue weighted by atomic mass is 32.2. The molecule has 2 aromatic carbocycles. The van der Waals surface area contributed by atoms with Crippen LogP contribution < -0.4 is 5.32 Å². The zero-order valence-corrected chi connectivity index (χ0v) is 19.6. The van der Waals surface area contributed by atoms with E-state index in [0.717, 1.165) is 31.6 Å². The van der Waals surface area contributed by atoms with Gasteiger partial charge >= 0.3 is 0 Å². The average molecular weight is 470 g/mol. The van der Waals surface area contributed by atoms with Gasteiger partial charge in [0.1, 0.15) is 0 Å². The summed E-state index contributed by atoms with van der Waals surface area (Å²) >= 11 is 1.47. The Morgan fingerprint density at radius 3 is 2.53 bits per heavy atom. The number of hydrogen-bond acceptors (Lipinski definition) is 6. The molecule has 4 aromatic rings. The molecule has 2 heterocycles. The minimum atomic E-state index is -3.50. The Morgan fingerprint density at radius 1 is 1.09 bits per heavy atom. The summed E-state index contributed by atoms with van der Waals surface area (Å²) in [6.07, 6.45) is 0.279. The normalized spacial score (nSPS) is 12.0. The average Bonchev–Trinajstić information content (AvgIpc) is 3.17. The van der Waals surface area contributed by atoms with Crippen LogP contribution in [0.2, 0.25) is 0 Å². The van der Waals surface area contributed by atoms with Crippen LogP contribution in [0.3, 0.4) is 0 Å². The summed E-state index contributed by atoms with van der Waals surface area (Å²) in [5.74, 6) is 0.372. The Labute approximate surface area is 190 Å². The number of benzene rings is 2. The van der Waals surface area contributed by atoms with Gasteiger partial charge in [-0.05, 0) is 48.9 Å². The van der Waals surface area contributed by atoms with Gasteiger partial charge in [0.05, 0.1) is 10.4 Å². The van der Waals surface area contributed by atoms with E-state index in [9.17, 15) is 13.2 Å². The quantitative estimate of drug-likeness (QED) is 0.416. The molecule has 0 aliphatic rings. The van der Waals surface area contributed by atoms with Crippen molar-refractivity contribution < 1.29 is 13.2 Å². The highest BCUT2D eigenvalue weighted by molar-refractivity contribution is 7.99. The third kappa shape index (κ3) is 4.34. The second-order valence-electron chi connectivity index (χ2n) is 7.48. The monoisotopic (exact) mass is 469 g/mol. The van der Waals surface area contributed by atoms with Gasteiger partial charge in [-0.2, -0.15) is 0 Å². The third-order valence-electron chi connectivity index (χ3n) is 5.05. The number of pyridine rings is 1. The molecule has 0 radical (unpaired) electrons. The molecule has 0 unspecified atom stereocenters. The van der Waals surface area contributed by atoms with Crippen molar-refractivity contribution in [1.82, 2.24) is 18.9 Å². The van der Waals surface area contributed by atoms with E-state index in [0.29, 0.717) is 11.4 Å². The lowest BCUT2D eigenvalue weighted by Crippen LogP contribution is -2.22. The van der Waals surface area contributed by atoms with Crippen LogP contribution in [0.15, 0.2) is 64.6 Å². The summed E-state index contributed by atoms with van der Waals surface area (Å²) in [5, 5.41) is 13.2. The molecule has 1 amide bonds. The lowest BCUT2D eigenvalue weighted by molar-refractivity contribution is -0.115. The van der Waals surface area contributed by atoms with Crippen LogP contribution in [0.25, 0.3) is 16.6 Å². The summed E-state index contributed by atoms with van der Waals surface area (Å²) in [6.45, 7) is 2.05. The van der Waals surface area contributed by atoms with Crippen molar-refractivity contribution in [3.05, 3.63) is 60.2 Å². The molecule has 10 heteroatoms. The largest absolute Gasteiger partial charge is 0.326 e. The molecule has 0 fully saturated rings. The molecule has 0 atom stereocenters. The topological polar surface area (TPSA) is 96.7 Å². The van der Waals surface area contributed by atoms with Crippen molar-refractivity contribution in [2.75, 3.05) is 25.2 Å². The van der Waals surface area contributed by atoms with Gasteiger partial charge in [0.15, 0.2) is 10.8 Å². The van der Waals surface area contributed by atoms with Crippen molar-refractivity contribution in [2.45, 2.75) is 23.4 Å². The molecule has 8 nitrogen and oxygen atoms in total. The van der Waals surface area contributed by atoms with E-state index >= 15 is 0 Å². The van der Waals surface area contributed by atoms with Crippen molar-refractivity contribution in [3.8, 4) is 0 Å². The second-order valence-corrected chi connectivity index (χ2v) is 10.7. The molecule has 32 heavy (non-hydrogen) atoms. The van der Waals surface area contributed by atoms with E-state index in [4.69, 9.17) is 0 Å². The first kappa shape index (κ1) is 22.3. The van der Waals surface area contributed by atoms with Gasteiger partial charge in [0.2, 0.25) is 15.9 Å². The molecule has 0 aliphatic heterocycles. The van der Waals surface area contributed by atoms with E-state index < -0.39 is 10.0 Å². The standard InChI is InChI=1S/C22H23N5O3S2/c1-15-14-20-24-25-22(27(20)19-7-5-4-6-18(15)19)31-13-12-21(28)23-16-8-10-17(11-9-16)32(29,30)26(2)3/h4-11,14H,12-13H2,1-3H3,(H,23,28). The van der Waals surface area contributed by atoms with Crippen LogP contribution in [0.4, 0.5) is 5.69 Å². The number of aryl methyl sites for hydroxylation is 1. The van der Waals surface area contributed by atoms with E-state index in [1.165, 1.54) is 38.0 Å². The van der Waals surface area contributed by atoms with Crippen LogP contribution in [0, 0.1) is 6.92 Å². The number of sulfonamides is 1. The molecule has 2 aromatic heterocycles. The highest BCUT2D eigenvalue weighted by Gasteiger charge is 2.17. The highest BCUT2D eigenvalue weighted by Crippen LogP contribution is 2.26. The van der Waals surface area contributed by atoms with E-state index in [1.54, 1.807) is 12.1 Å². The molecule has 4 rings (SSSR count). The molecule has 0 spiro atoms. The lowest BCUT2D eigenvalue weighted by atomic mass is 10.1. The SMILES string of the molecule is Cc1cc2nnc(SCCC(=O)Nc3ccc(S(=O)(=O)N(C)C)cc3)n2c2ccccc12. The summed E-state index contributed by atoms with van der Waals surface area (Å²) in [7, 11) is -0.541. The van der Waals surface area contributed by atoms with Gasteiger partial charge in [0.25, 0.3) is 0 Å². The number of anilines is 1. The molecular weight excluding hydrogens is 446 g/mol. The zero-order chi connectivity index (χ0) is 22.9. The Bertz CT molecular complexity index is 1400. The number of carbonyl (C=O) groups is 1. The number of para-hydroxylation sites is 1. The molecular formula is C22H23N5O3S2. The second kappa shape index (κ2) is 8.89. The van der Waals surface area contributed by atoms with Crippen LogP contribution in [-0.4, -0.2) is 53.1 Å². The van der Waals surface area contributed by atoms with E-state index in [1.807, 2.05) is 28.7 Å². The summed E-state index contributed by atoms with van der Waals surface area (Å²) in [5.41, 5.74) is 3.50. The maximum absolute atomic E-state index is 12.4. The zero-order valence-electron chi connectivity index (χ0n) is 17.9. The third-order valence-corrected chi connectivity index (χ3v) is 7.81. The fourth-order valence-corrected chi connectivity index (χ4v) is 5.14. The van der Waals surface area contributed by atoms with E-state index in [2.05, 4.69) is 28.5 Å². The first-order valence-electron chi connectivity index (χ1n) is 9.96. The van der Waals surface area contributed by atoms with Crippen LogP contribution in [0.1, 0.15) is 12.0 Å². The minimum absolute atomic E-state index is 0.157. The first-order valence-corrected chi connectivity index (χ1v) is 12.4. The lowest BCUT2D eigenvalue weighted by Gasteiger charge is -2.12. The Morgan fingerprint density at radius 2 is 1.81 bits per heavy atom. The maximum Gasteiger partial charge on any atom is 0.242 e. The van der Waals surface area contributed by atoms with Crippen LogP contribution >= 0.6 is 11.8 Å². The Kier molecular flexibility index (Phi) is 6.18. The van der Waals surface area contributed by atoms with Gasteiger partial charge in [0, 0.05) is 37.3 Å². The molecule has 166 valence electrons. The predicted octanol–water partition coefficient (Wildman–Crippen LogP) is 3.56. The minimum Gasteiger partial charge on any atom is -0.326 e. The summed E-state index contributed by atoms with van der Waals surface area (Å²) in [6, 6.07) is 16.2. The van der Waals surface area contributed by atoms with Crippen LogP contribution in [0.5, 0.6) is 0 Å². The Balaban J connectivity index is 1.41. The summed E-state index contributed by atoms with van der Waals surface area (Å²) < 4.78 is 27.4. The fraction of sp³-hybridized carbons (Fsp3) is 0.227. The van der Waals surface area contributed by atoms with Gasteiger partial charge in [-0.15, -0.1) is 10.2 Å². The van der Waals surface area contributed by atoms with Crippen molar-refractivity contribution in [2.24, 2.45) is 0 Å². The maximum atomic E-state index is 12.4. The molecule has 0 aliphatic carbocycles. The predicted molar refractivity (Wildman–Crippen MR) is 127 cm³/mol. The number of carbonyl (C=O) groups excluding carboxylic acids is 1. The van der Waals surface area contributed by atoms with Crippen molar-refractivity contribution in [3.63, 3.8) is 0 Å². The number of aromatic nitrogens is 3. The smallest absolute Gasteiger partial charge is 0.242 e. The van der Waals surface area contributed by atoms with Crippen LogP contribution in [-0.2, 0) is 14.8 Å². The van der Waals surface area contributed by atoms with Gasteiger partial charge < -0.3 is 5.32 Å². The number of fused-ring (bicyclic) bond motifs is 3. The summed E-state index contributed by atoms with van der Waals surface area (Å²) in [4.78, 5) is 12.5. The molecule has 0 saturated heterocycles. The first-order chi connectivity index (χ1) is 15.3. The van der Waals surface area contributed by atoms with Crippen molar-refractivity contribution >= 4 is 49.9 Å². The van der Waals surface area contributed by atoms with E-state index in [-0.39, 0.29) is 17.2 Å². The number of amides is 1. The number of nitrogens with zero attached hydrogens (tertiary/aromatic N) is 4. The molecule has 0 saturated carbocycles. The molecule has 0 bridgehead atoms. The number of rotatable bonds is 7. The molecule has 1 N–H and O–H groups in total. The fourth-order valence-electron chi connectivity index (χ4n) is 3.35.